The number of halogens is 1. The molecule has 0 fully saturated rings. The molecule has 2 nitrogen and oxygen atoms in total. The van der Waals surface area contributed by atoms with Crippen molar-refractivity contribution in [3.05, 3.63) is 41.9 Å². The number of aliphatic hydroxyl groups excluding tert-OH is 1. The summed E-state index contributed by atoms with van der Waals surface area (Å²) in [6, 6.07) is 7.46. The largest absolute Gasteiger partial charge is 0.514 e. The Kier molecular flexibility index (Phi) is 2.44. The minimum Gasteiger partial charge on any atom is -0.514 e. The quantitative estimate of drug-likeness (QED) is 0.509. The van der Waals surface area contributed by atoms with E-state index in [0.717, 1.165) is 0 Å². The number of benzene rings is 1. The van der Waals surface area contributed by atoms with Crippen LogP contribution in [0.5, 0.6) is 0 Å². The van der Waals surface area contributed by atoms with E-state index >= 15 is 0 Å². The molecule has 1 rings (SSSR count). The van der Waals surface area contributed by atoms with Crippen LogP contribution in [0.2, 0.25) is 0 Å². The smallest absolute Gasteiger partial charge is 0.131 e. The Hall–Kier alpha value is -1.82. The summed E-state index contributed by atoms with van der Waals surface area (Å²) >= 11 is 0. The summed E-state index contributed by atoms with van der Waals surface area (Å²) < 4.78 is 12.9. The van der Waals surface area contributed by atoms with E-state index in [1.54, 1.807) is 12.1 Å². The lowest BCUT2D eigenvalue weighted by Gasteiger charge is -1.97. The second kappa shape index (κ2) is 3.54. The normalized spacial score (nSPS) is 10.8. The van der Waals surface area contributed by atoms with Gasteiger partial charge in [0.25, 0.3) is 0 Å². The van der Waals surface area contributed by atoms with Crippen molar-refractivity contribution >= 4 is 5.57 Å². The Morgan fingerprint density at radius 2 is 2.17 bits per heavy atom. The molecule has 1 aromatic carbocycles. The lowest BCUT2D eigenvalue weighted by molar-refractivity contribution is 0.476. The summed E-state index contributed by atoms with van der Waals surface area (Å²) in [5.41, 5.74) is 0.0376. The van der Waals surface area contributed by atoms with Crippen LogP contribution in [0.1, 0.15) is 5.56 Å². The number of nitriles is 1. The van der Waals surface area contributed by atoms with E-state index in [1.165, 1.54) is 18.2 Å². The lowest BCUT2D eigenvalue weighted by atomic mass is 10.1. The number of hydrogen-bond acceptors (Lipinski definition) is 2. The monoisotopic (exact) mass is 163 g/mol. The molecule has 0 aliphatic carbocycles. The van der Waals surface area contributed by atoms with Gasteiger partial charge in [0.1, 0.15) is 11.9 Å². The first-order chi connectivity index (χ1) is 5.79. The first kappa shape index (κ1) is 8.28. The molecule has 0 radical (unpaired) electrons. The van der Waals surface area contributed by atoms with E-state index in [4.69, 9.17) is 10.4 Å². The highest BCUT2D eigenvalue weighted by atomic mass is 19.1. The fourth-order valence-corrected chi connectivity index (χ4v) is 0.838. The average Bonchev–Trinajstić information content (AvgIpc) is 2.10. The van der Waals surface area contributed by atoms with Crippen LogP contribution in [0, 0.1) is 17.1 Å². The van der Waals surface area contributed by atoms with Crippen molar-refractivity contribution in [1.29, 1.82) is 5.26 Å². The Balaban J connectivity index is 3.21. The summed E-state index contributed by atoms with van der Waals surface area (Å²) in [5, 5.41) is 17.0. The number of hydrogen-bond donors (Lipinski definition) is 1. The fraction of sp³-hybridized carbons (Fsp3) is 0. The predicted octanol–water partition coefficient (Wildman–Crippen LogP) is 2.25. The summed E-state index contributed by atoms with van der Waals surface area (Å²) in [6.45, 7) is 0. The molecule has 0 saturated heterocycles. The molecule has 0 aliphatic heterocycles. The highest BCUT2D eigenvalue weighted by Crippen LogP contribution is 2.15. The lowest BCUT2D eigenvalue weighted by Crippen LogP contribution is -1.86. The fourth-order valence-electron chi connectivity index (χ4n) is 0.838. The molecule has 3 heteroatoms. The molecule has 0 heterocycles. The standard InChI is InChI=1S/C9H6FNO/c10-9-4-2-1-3-8(9)7(5-11)6-12/h1-4,6,12H/b7-6-. The van der Waals surface area contributed by atoms with E-state index in [2.05, 4.69) is 0 Å². The number of aliphatic hydroxyl groups is 1. The topological polar surface area (TPSA) is 44.0 Å². The van der Waals surface area contributed by atoms with Crippen LogP contribution in [0.15, 0.2) is 30.5 Å². The third-order valence-corrected chi connectivity index (χ3v) is 1.41. The van der Waals surface area contributed by atoms with Gasteiger partial charge in [-0.2, -0.15) is 5.26 Å². The van der Waals surface area contributed by atoms with Gasteiger partial charge in [-0.1, -0.05) is 18.2 Å². The molecule has 0 aliphatic rings. The SMILES string of the molecule is N#C/C(=C/O)c1ccccc1F. The third kappa shape index (κ3) is 1.43. The summed E-state index contributed by atoms with van der Waals surface area (Å²) in [6.07, 6.45) is 0.596. The van der Waals surface area contributed by atoms with Gasteiger partial charge in [0, 0.05) is 5.56 Å². The molecule has 0 unspecified atom stereocenters. The Labute approximate surface area is 69.2 Å². The van der Waals surface area contributed by atoms with Crippen LogP contribution in [0.4, 0.5) is 4.39 Å². The van der Waals surface area contributed by atoms with Crippen molar-refractivity contribution in [2.75, 3.05) is 0 Å². The van der Waals surface area contributed by atoms with E-state index < -0.39 is 5.82 Å². The van der Waals surface area contributed by atoms with Crippen molar-refractivity contribution in [2.24, 2.45) is 0 Å². The zero-order valence-electron chi connectivity index (χ0n) is 6.16. The highest BCUT2D eigenvalue weighted by Gasteiger charge is 2.05. The van der Waals surface area contributed by atoms with E-state index in [9.17, 15) is 4.39 Å². The van der Waals surface area contributed by atoms with Gasteiger partial charge in [-0.25, -0.2) is 4.39 Å². The Morgan fingerprint density at radius 1 is 1.50 bits per heavy atom. The molecule has 0 bridgehead atoms. The van der Waals surface area contributed by atoms with Gasteiger partial charge < -0.3 is 5.11 Å². The van der Waals surface area contributed by atoms with Crippen LogP contribution >= 0.6 is 0 Å². The summed E-state index contributed by atoms with van der Waals surface area (Å²) in [5.74, 6) is -0.514. The van der Waals surface area contributed by atoms with Crippen LogP contribution < -0.4 is 0 Å². The maximum absolute atomic E-state index is 12.9. The molecule has 1 aromatic rings. The number of rotatable bonds is 1. The minimum absolute atomic E-state index is 0.0758. The molecular formula is C9H6FNO. The summed E-state index contributed by atoms with van der Waals surface area (Å²) in [7, 11) is 0. The first-order valence-corrected chi connectivity index (χ1v) is 3.29. The highest BCUT2D eigenvalue weighted by molar-refractivity contribution is 5.75. The van der Waals surface area contributed by atoms with Gasteiger partial charge in [-0.3, -0.25) is 0 Å². The molecule has 1 N–H and O–H groups in total. The molecular weight excluding hydrogens is 157 g/mol. The zero-order valence-corrected chi connectivity index (χ0v) is 6.16. The molecule has 0 amide bonds. The molecule has 0 saturated carbocycles. The molecule has 60 valence electrons. The van der Waals surface area contributed by atoms with Crippen molar-refractivity contribution in [1.82, 2.24) is 0 Å². The number of nitrogens with zero attached hydrogens (tertiary/aromatic N) is 1. The van der Waals surface area contributed by atoms with E-state index in [-0.39, 0.29) is 11.1 Å². The van der Waals surface area contributed by atoms with Crippen molar-refractivity contribution in [3.8, 4) is 6.07 Å². The van der Waals surface area contributed by atoms with Gasteiger partial charge in [0.05, 0.1) is 11.8 Å². The van der Waals surface area contributed by atoms with Gasteiger partial charge in [-0.05, 0) is 6.07 Å². The number of allylic oxidation sites excluding steroid dienone is 1. The van der Waals surface area contributed by atoms with Crippen LogP contribution in [0.25, 0.3) is 5.57 Å². The van der Waals surface area contributed by atoms with Crippen LogP contribution in [-0.2, 0) is 0 Å². The maximum Gasteiger partial charge on any atom is 0.131 e. The second-order valence-electron chi connectivity index (χ2n) is 2.13. The summed E-state index contributed by atoms with van der Waals surface area (Å²) in [4.78, 5) is 0. The molecule has 0 spiro atoms. The first-order valence-electron chi connectivity index (χ1n) is 3.29. The third-order valence-electron chi connectivity index (χ3n) is 1.41. The Morgan fingerprint density at radius 3 is 2.67 bits per heavy atom. The average molecular weight is 163 g/mol. The zero-order chi connectivity index (χ0) is 8.97. The second-order valence-corrected chi connectivity index (χ2v) is 2.13. The van der Waals surface area contributed by atoms with Gasteiger partial charge in [0.15, 0.2) is 0 Å². The van der Waals surface area contributed by atoms with E-state index in [1.807, 2.05) is 0 Å². The van der Waals surface area contributed by atoms with Gasteiger partial charge >= 0.3 is 0 Å². The van der Waals surface area contributed by atoms with Gasteiger partial charge in [0.2, 0.25) is 0 Å². The predicted molar refractivity (Wildman–Crippen MR) is 42.6 cm³/mol. The minimum atomic E-state index is -0.514. The van der Waals surface area contributed by atoms with Gasteiger partial charge in [-0.15, -0.1) is 0 Å². The van der Waals surface area contributed by atoms with Crippen molar-refractivity contribution < 1.29 is 9.50 Å². The van der Waals surface area contributed by atoms with Crippen molar-refractivity contribution in [2.45, 2.75) is 0 Å². The molecule has 12 heavy (non-hydrogen) atoms. The Bertz CT molecular complexity index is 352. The molecule has 0 aromatic heterocycles. The van der Waals surface area contributed by atoms with Crippen molar-refractivity contribution in [3.63, 3.8) is 0 Å². The maximum atomic E-state index is 12.9. The molecule has 0 atom stereocenters. The van der Waals surface area contributed by atoms with Crippen LogP contribution in [0.3, 0.4) is 0 Å². The van der Waals surface area contributed by atoms with E-state index in [0.29, 0.717) is 6.26 Å². The van der Waals surface area contributed by atoms with Crippen LogP contribution in [-0.4, -0.2) is 5.11 Å².